The van der Waals surface area contributed by atoms with Crippen LogP contribution in [0.4, 0.5) is 11.4 Å². The van der Waals surface area contributed by atoms with E-state index >= 15 is 0 Å². The molecule has 218 valence electrons. The minimum Gasteiger partial charge on any atom is -0.322 e. The number of rotatable bonds is 9. The second-order valence-electron chi connectivity index (χ2n) is 10.8. The maximum Gasteiger partial charge on any atom is 0.261 e. The monoisotopic (exact) mass is 590 g/mol. The summed E-state index contributed by atoms with van der Waals surface area (Å²) in [6.45, 7) is 5.93. The van der Waals surface area contributed by atoms with Crippen LogP contribution in [0.5, 0.6) is 0 Å². The van der Waals surface area contributed by atoms with E-state index < -0.39 is 10.0 Å². The Kier molecular flexibility index (Phi) is 8.51. The van der Waals surface area contributed by atoms with Crippen LogP contribution in [0.2, 0.25) is 0 Å². The number of benzene rings is 5. The molecule has 1 heterocycles. The Morgan fingerprint density at radius 2 is 1.21 bits per heavy atom. The Labute approximate surface area is 252 Å². The van der Waals surface area contributed by atoms with Crippen molar-refractivity contribution in [3.63, 3.8) is 0 Å². The number of piperazine rings is 1. The Balaban J connectivity index is 1.01. The summed E-state index contributed by atoms with van der Waals surface area (Å²) < 4.78 is 28.8. The SMILES string of the molecule is O=C(Nc1ccc(S(=O)(=O)Nc2cccc3ccccc23)cc1)c1ccc(CN2CCN(Cc3ccccc3)CC2)cc1. The maximum absolute atomic E-state index is 13.1. The fourth-order valence-corrected chi connectivity index (χ4v) is 6.49. The average molecular weight is 591 g/mol. The molecule has 0 spiro atoms. The molecule has 5 aromatic carbocycles. The molecule has 0 radical (unpaired) electrons. The highest BCUT2D eigenvalue weighted by Crippen LogP contribution is 2.26. The van der Waals surface area contributed by atoms with E-state index in [1.807, 2.05) is 60.7 Å². The summed E-state index contributed by atoms with van der Waals surface area (Å²) >= 11 is 0. The highest BCUT2D eigenvalue weighted by Gasteiger charge is 2.18. The van der Waals surface area contributed by atoms with Crippen molar-refractivity contribution in [1.29, 1.82) is 0 Å². The van der Waals surface area contributed by atoms with Gasteiger partial charge in [0, 0.05) is 55.9 Å². The average Bonchev–Trinajstić information content (AvgIpc) is 3.03. The van der Waals surface area contributed by atoms with Crippen LogP contribution in [0.15, 0.2) is 126 Å². The highest BCUT2D eigenvalue weighted by atomic mass is 32.2. The third kappa shape index (κ3) is 7.11. The Morgan fingerprint density at radius 1 is 0.628 bits per heavy atom. The van der Waals surface area contributed by atoms with Gasteiger partial charge in [-0.05, 0) is 59.0 Å². The smallest absolute Gasteiger partial charge is 0.261 e. The van der Waals surface area contributed by atoms with Crippen molar-refractivity contribution in [2.24, 2.45) is 0 Å². The molecule has 1 fully saturated rings. The van der Waals surface area contributed by atoms with E-state index in [1.54, 1.807) is 18.2 Å². The Bertz CT molecular complexity index is 1800. The normalized spacial score (nSPS) is 14.4. The molecule has 0 aliphatic carbocycles. The number of nitrogens with one attached hydrogen (secondary N) is 2. The predicted molar refractivity (Wildman–Crippen MR) is 173 cm³/mol. The van der Waals surface area contributed by atoms with E-state index in [4.69, 9.17) is 0 Å². The van der Waals surface area contributed by atoms with Gasteiger partial charge in [-0.3, -0.25) is 19.3 Å². The zero-order chi connectivity index (χ0) is 29.6. The third-order valence-electron chi connectivity index (χ3n) is 7.79. The number of carbonyl (C=O) groups is 1. The van der Waals surface area contributed by atoms with Crippen LogP contribution in [0.25, 0.3) is 10.8 Å². The van der Waals surface area contributed by atoms with Crippen LogP contribution in [0.1, 0.15) is 21.5 Å². The first kappa shape index (κ1) is 28.6. The summed E-state index contributed by atoms with van der Waals surface area (Å²) in [6, 6.07) is 37.5. The summed E-state index contributed by atoms with van der Waals surface area (Å²) in [5.41, 5.74) is 4.10. The van der Waals surface area contributed by atoms with E-state index in [1.165, 1.54) is 23.3 Å². The second-order valence-corrected chi connectivity index (χ2v) is 12.5. The Morgan fingerprint density at radius 3 is 1.88 bits per heavy atom. The van der Waals surface area contributed by atoms with E-state index in [0.29, 0.717) is 16.9 Å². The lowest BCUT2D eigenvalue weighted by molar-refractivity contribution is 0.102. The van der Waals surface area contributed by atoms with E-state index in [0.717, 1.165) is 50.0 Å². The number of anilines is 2. The molecule has 1 saturated heterocycles. The first-order chi connectivity index (χ1) is 20.9. The number of fused-ring (bicyclic) bond motifs is 1. The summed E-state index contributed by atoms with van der Waals surface area (Å²) in [4.78, 5) is 17.9. The van der Waals surface area contributed by atoms with Gasteiger partial charge in [0.2, 0.25) is 0 Å². The van der Waals surface area contributed by atoms with Crippen molar-refractivity contribution in [3.05, 3.63) is 138 Å². The number of amides is 1. The van der Waals surface area contributed by atoms with E-state index in [-0.39, 0.29) is 10.8 Å². The van der Waals surface area contributed by atoms with Gasteiger partial charge in [-0.25, -0.2) is 8.42 Å². The summed E-state index contributed by atoms with van der Waals surface area (Å²) in [7, 11) is -3.81. The molecule has 7 nitrogen and oxygen atoms in total. The summed E-state index contributed by atoms with van der Waals surface area (Å²) in [6.07, 6.45) is 0. The van der Waals surface area contributed by atoms with Crippen LogP contribution in [-0.2, 0) is 23.1 Å². The number of sulfonamides is 1. The molecule has 1 aliphatic heterocycles. The topological polar surface area (TPSA) is 81.7 Å². The highest BCUT2D eigenvalue weighted by molar-refractivity contribution is 7.92. The molecule has 0 aromatic heterocycles. The molecule has 5 aromatic rings. The number of hydrogen-bond donors (Lipinski definition) is 2. The lowest BCUT2D eigenvalue weighted by atomic mass is 10.1. The van der Waals surface area contributed by atoms with Gasteiger partial charge in [0.25, 0.3) is 15.9 Å². The zero-order valence-corrected chi connectivity index (χ0v) is 24.6. The van der Waals surface area contributed by atoms with Crippen molar-refractivity contribution < 1.29 is 13.2 Å². The molecule has 1 amide bonds. The van der Waals surface area contributed by atoms with Crippen LogP contribution in [-0.4, -0.2) is 50.3 Å². The van der Waals surface area contributed by atoms with Gasteiger partial charge in [0.1, 0.15) is 0 Å². The minimum absolute atomic E-state index is 0.115. The van der Waals surface area contributed by atoms with Gasteiger partial charge in [-0.2, -0.15) is 0 Å². The summed E-state index contributed by atoms with van der Waals surface area (Å²) in [5.74, 6) is -0.245. The molecule has 0 saturated carbocycles. The predicted octanol–water partition coefficient (Wildman–Crippen LogP) is 6.21. The van der Waals surface area contributed by atoms with Crippen molar-refractivity contribution in [3.8, 4) is 0 Å². The third-order valence-corrected chi connectivity index (χ3v) is 9.17. The number of hydrogen-bond acceptors (Lipinski definition) is 5. The fourth-order valence-electron chi connectivity index (χ4n) is 5.41. The molecule has 2 N–H and O–H groups in total. The van der Waals surface area contributed by atoms with Gasteiger partial charge in [-0.15, -0.1) is 0 Å². The molecular formula is C35H34N4O3S. The molecule has 0 atom stereocenters. The van der Waals surface area contributed by atoms with Crippen molar-refractivity contribution in [2.45, 2.75) is 18.0 Å². The zero-order valence-electron chi connectivity index (χ0n) is 23.8. The van der Waals surface area contributed by atoms with Crippen LogP contribution < -0.4 is 10.0 Å². The molecule has 43 heavy (non-hydrogen) atoms. The van der Waals surface area contributed by atoms with Crippen molar-refractivity contribution >= 4 is 38.1 Å². The molecule has 8 heteroatoms. The van der Waals surface area contributed by atoms with Crippen molar-refractivity contribution in [1.82, 2.24) is 9.80 Å². The lowest BCUT2D eigenvalue weighted by Crippen LogP contribution is -2.45. The van der Waals surface area contributed by atoms with Crippen LogP contribution in [0, 0.1) is 0 Å². The quantitative estimate of drug-likeness (QED) is 0.213. The van der Waals surface area contributed by atoms with E-state index in [2.05, 4.69) is 50.2 Å². The van der Waals surface area contributed by atoms with Gasteiger partial charge in [0.15, 0.2) is 0 Å². The standard InChI is InChI=1S/C35H34N4O3S/c40-35(30-15-13-28(14-16-30)26-39-23-21-38(22-24-39)25-27-7-2-1-3-8-27)36-31-17-19-32(20-18-31)43(41,42)37-34-12-6-10-29-9-4-5-11-33(29)34/h1-20,37H,21-26H2,(H,36,40). The fraction of sp³-hybridized carbons (Fsp3) is 0.171. The van der Waals surface area contributed by atoms with Gasteiger partial charge in [0.05, 0.1) is 10.6 Å². The number of nitrogens with zero attached hydrogens (tertiary/aromatic N) is 2. The molecule has 1 aliphatic rings. The largest absolute Gasteiger partial charge is 0.322 e. The molecule has 0 bridgehead atoms. The second kappa shape index (κ2) is 12.8. The molecule has 6 rings (SSSR count). The Hall–Kier alpha value is -4.50. The molecular weight excluding hydrogens is 556 g/mol. The maximum atomic E-state index is 13.1. The number of carbonyl (C=O) groups excluding carboxylic acids is 1. The minimum atomic E-state index is -3.81. The lowest BCUT2D eigenvalue weighted by Gasteiger charge is -2.34. The van der Waals surface area contributed by atoms with Gasteiger partial charge in [-0.1, -0.05) is 78.9 Å². The van der Waals surface area contributed by atoms with Crippen LogP contribution in [0.3, 0.4) is 0 Å². The summed E-state index contributed by atoms with van der Waals surface area (Å²) in [5, 5.41) is 4.64. The van der Waals surface area contributed by atoms with Crippen molar-refractivity contribution in [2.75, 3.05) is 36.2 Å². The van der Waals surface area contributed by atoms with E-state index in [9.17, 15) is 13.2 Å². The first-order valence-corrected chi connectivity index (χ1v) is 15.9. The van der Waals surface area contributed by atoms with Crippen LogP contribution >= 0.6 is 0 Å². The molecule has 0 unspecified atom stereocenters. The van der Waals surface area contributed by atoms with Gasteiger partial charge < -0.3 is 5.32 Å². The first-order valence-electron chi connectivity index (χ1n) is 14.4. The van der Waals surface area contributed by atoms with Gasteiger partial charge >= 0.3 is 0 Å².